The second kappa shape index (κ2) is 8.19. The summed E-state index contributed by atoms with van der Waals surface area (Å²) in [6.07, 6.45) is 7.36. The van der Waals surface area contributed by atoms with Crippen molar-refractivity contribution in [2.75, 3.05) is 13.1 Å². The Labute approximate surface area is 186 Å². The van der Waals surface area contributed by atoms with E-state index in [9.17, 15) is 0 Å². The van der Waals surface area contributed by atoms with Gasteiger partial charge < -0.3 is 14.8 Å². The molecule has 154 valence electrons. The molecule has 1 N–H and O–H groups in total. The van der Waals surface area contributed by atoms with E-state index in [1.54, 1.807) is 12.1 Å². The summed E-state index contributed by atoms with van der Waals surface area (Å²) in [5.74, 6) is 2.04. The summed E-state index contributed by atoms with van der Waals surface area (Å²) in [7, 11) is 0. The van der Waals surface area contributed by atoms with Crippen molar-refractivity contribution in [3.8, 4) is 22.6 Å². The lowest BCUT2D eigenvalue weighted by Crippen LogP contribution is -2.37. The Morgan fingerprint density at radius 1 is 0.931 bits per heavy atom. The van der Waals surface area contributed by atoms with Gasteiger partial charge in [-0.05, 0) is 68.5 Å². The number of nitrogens with one attached hydrogen (secondary N) is 1. The summed E-state index contributed by atoms with van der Waals surface area (Å²) in [6.45, 7) is 1.89. The summed E-state index contributed by atoms with van der Waals surface area (Å²) in [5, 5.41) is 5.12. The molecule has 0 spiro atoms. The summed E-state index contributed by atoms with van der Waals surface area (Å²) in [6, 6.07) is 7.68. The number of benzene rings is 2. The molecule has 0 aromatic heterocycles. The van der Waals surface area contributed by atoms with Crippen LogP contribution in [0, 0.1) is 0 Å². The first kappa shape index (κ1) is 19.8. The van der Waals surface area contributed by atoms with Crippen LogP contribution in [0.15, 0.2) is 24.3 Å². The molecule has 0 radical (unpaired) electrons. The number of hydrogen-bond acceptors (Lipinski definition) is 3. The number of hydrogen-bond donors (Lipinski definition) is 1. The molecule has 2 aromatic rings. The molecule has 2 fully saturated rings. The smallest absolute Gasteiger partial charge is 0.165 e. The van der Waals surface area contributed by atoms with Gasteiger partial charge in [0.1, 0.15) is 6.10 Å². The summed E-state index contributed by atoms with van der Waals surface area (Å²) < 4.78 is 12.9. The average Bonchev–Trinajstić information content (AvgIpc) is 3.07. The first-order chi connectivity index (χ1) is 14.1. The monoisotopic (exact) mass is 451 g/mol. The first-order valence-electron chi connectivity index (χ1n) is 10.5. The maximum Gasteiger partial charge on any atom is 0.165 e. The van der Waals surface area contributed by atoms with Crippen molar-refractivity contribution in [1.82, 2.24) is 5.32 Å². The van der Waals surface area contributed by atoms with Gasteiger partial charge >= 0.3 is 0 Å². The molecule has 2 aliphatic heterocycles. The highest BCUT2D eigenvalue weighted by Gasteiger charge is 2.39. The van der Waals surface area contributed by atoms with Gasteiger partial charge in [0.2, 0.25) is 0 Å². The Kier molecular flexibility index (Phi) is 5.59. The Bertz CT molecular complexity index is 904. The van der Waals surface area contributed by atoms with Crippen LogP contribution in [-0.2, 0) is 0 Å². The molecule has 1 aliphatic carbocycles. The molecule has 2 atom stereocenters. The molecule has 1 saturated carbocycles. The fraction of sp³-hybridized carbons (Fsp3) is 0.478. The maximum atomic E-state index is 6.55. The lowest BCUT2D eigenvalue weighted by atomic mass is 9.89. The minimum atomic E-state index is 0.200. The predicted molar refractivity (Wildman–Crippen MR) is 119 cm³/mol. The zero-order chi connectivity index (χ0) is 20.0. The average molecular weight is 453 g/mol. The van der Waals surface area contributed by atoms with Gasteiger partial charge in [0.05, 0.1) is 16.1 Å². The molecule has 29 heavy (non-hydrogen) atoms. The van der Waals surface area contributed by atoms with Crippen molar-refractivity contribution in [2.24, 2.45) is 0 Å². The number of fused-ring (bicyclic) bond motifs is 3. The highest BCUT2D eigenvalue weighted by atomic mass is 35.5. The van der Waals surface area contributed by atoms with E-state index in [4.69, 9.17) is 44.3 Å². The van der Waals surface area contributed by atoms with E-state index in [2.05, 4.69) is 11.4 Å². The zero-order valence-electron chi connectivity index (χ0n) is 16.1. The molecule has 2 unspecified atom stereocenters. The van der Waals surface area contributed by atoms with Crippen LogP contribution >= 0.6 is 34.8 Å². The van der Waals surface area contributed by atoms with Crippen LogP contribution in [0.3, 0.4) is 0 Å². The largest absolute Gasteiger partial charge is 0.487 e. The number of halogens is 3. The molecule has 1 saturated heterocycles. The highest BCUT2D eigenvalue weighted by Crippen LogP contribution is 2.50. The lowest BCUT2D eigenvalue weighted by Gasteiger charge is -2.25. The van der Waals surface area contributed by atoms with Crippen LogP contribution in [0.1, 0.15) is 50.0 Å². The first-order valence-corrected chi connectivity index (χ1v) is 11.6. The van der Waals surface area contributed by atoms with Crippen LogP contribution in [-0.4, -0.2) is 25.3 Å². The van der Waals surface area contributed by atoms with Gasteiger partial charge in [-0.1, -0.05) is 41.2 Å². The third-order valence-electron chi connectivity index (χ3n) is 6.31. The predicted octanol–water partition coefficient (Wildman–Crippen LogP) is 6.86. The number of rotatable bonds is 3. The summed E-state index contributed by atoms with van der Waals surface area (Å²) in [5.41, 5.74) is 2.94. The van der Waals surface area contributed by atoms with Gasteiger partial charge in [-0.2, -0.15) is 0 Å². The molecular formula is C23H24Cl3NO2. The van der Waals surface area contributed by atoms with E-state index < -0.39 is 0 Å². The van der Waals surface area contributed by atoms with E-state index in [0.717, 1.165) is 55.0 Å². The molecular weight excluding hydrogens is 429 g/mol. The van der Waals surface area contributed by atoms with Crippen LogP contribution in [0.5, 0.6) is 11.5 Å². The maximum absolute atomic E-state index is 6.55. The lowest BCUT2D eigenvalue weighted by molar-refractivity contribution is 0.134. The minimum Gasteiger partial charge on any atom is -0.487 e. The summed E-state index contributed by atoms with van der Waals surface area (Å²) >= 11 is 19.2. The quantitative estimate of drug-likeness (QED) is 0.551. The Morgan fingerprint density at radius 3 is 2.45 bits per heavy atom. The van der Waals surface area contributed by atoms with Gasteiger partial charge in [0, 0.05) is 28.6 Å². The number of ether oxygens (including phenoxy) is 2. The molecule has 0 amide bonds. The van der Waals surface area contributed by atoms with Crippen LogP contribution in [0.4, 0.5) is 0 Å². The van der Waals surface area contributed by atoms with Crippen molar-refractivity contribution in [3.05, 3.63) is 44.9 Å². The third-order valence-corrected chi connectivity index (χ3v) is 7.13. The van der Waals surface area contributed by atoms with E-state index in [1.807, 2.05) is 6.07 Å². The van der Waals surface area contributed by atoms with E-state index in [-0.39, 0.29) is 12.2 Å². The van der Waals surface area contributed by atoms with E-state index in [1.165, 1.54) is 24.8 Å². The zero-order valence-corrected chi connectivity index (χ0v) is 18.4. The Morgan fingerprint density at radius 2 is 1.69 bits per heavy atom. The van der Waals surface area contributed by atoms with Crippen molar-refractivity contribution >= 4 is 34.8 Å². The molecule has 2 heterocycles. The van der Waals surface area contributed by atoms with E-state index >= 15 is 0 Å². The second-order valence-corrected chi connectivity index (χ2v) is 9.52. The molecule has 5 rings (SSSR count). The third kappa shape index (κ3) is 3.83. The molecule has 3 nitrogen and oxygen atoms in total. The topological polar surface area (TPSA) is 30.5 Å². The molecule has 0 bridgehead atoms. The van der Waals surface area contributed by atoms with E-state index in [0.29, 0.717) is 21.0 Å². The number of piperidine rings is 1. The SMILES string of the molecule is Clc1cc(Cl)c(-c2cc(OC3CCCCC3)c3c(c2)C2CNCCC2O3)c(Cl)c1. The van der Waals surface area contributed by atoms with Gasteiger partial charge in [-0.15, -0.1) is 0 Å². The molecule has 3 aliphatic rings. The van der Waals surface area contributed by atoms with Gasteiger partial charge in [0.15, 0.2) is 11.5 Å². The van der Waals surface area contributed by atoms with Crippen molar-refractivity contribution in [3.63, 3.8) is 0 Å². The fourth-order valence-electron chi connectivity index (χ4n) is 4.87. The fourth-order valence-corrected chi connectivity index (χ4v) is 5.91. The van der Waals surface area contributed by atoms with Gasteiger partial charge in [-0.3, -0.25) is 0 Å². The Hall–Kier alpha value is -1.13. The van der Waals surface area contributed by atoms with Gasteiger partial charge in [-0.25, -0.2) is 0 Å². The second-order valence-electron chi connectivity index (χ2n) is 8.27. The molecule has 2 aromatic carbocycles. The van der Waals surface area contributed by atoms with Crippen LogP contribution in [0.25, 0.3) is 11.1 Å². The highest BCUT2D eigenvalue weighted by molar-refractivity contribution is 6.41. The van der Waals surface area contributed by atoms with Crippen LogP contribution in [0.2, 0.25) is 15.1 Å². The van der Waals surface area contributed by atoms with Crippen molar-refractivity contribution in [2.45, 2.75) is 56.7 Å². The van der Waals surface area contributed by atoms with Crippen LogP contribution < -0.4 is 14.8 Å². The Balaban J connectivity index is 1.60. The molecule has 6 heteroatoms. The van der Waals surface area contributed by atoms with Gasteiger partial charge in [0.25, 0.3) is 0 Å². The van der Waals surface area contributed by atoms with Crippen molar-refractivity contribution in [1.29, 1.82) is 0 Å². The van der Waals surface area contributed by atoms with Crippen molar-refractivity contribution < 1.29 is 9.47 Å². The standard InChI is InChI=1S/C23H24Cl3NO2/c24-14-10-18(25)22(19(26)11-14)13-8-16-17-12-27-7-6-20(17)29-23(16)21(9-13)28-15-4-2-1-3-5-15/h8-11,15,17,20,27H,1-7,12H2. The summed E-state index contributed by atoms with van der Waals surface area (Å²) in [4.78, 5) is 0. The minimum absolute atomic E-state index is 0.200. The normalized spacial score (nSPS) is 24.0.